The number of thioether (sulfide) groups is 2. The Kier molecular flexibility index (Phi) is 8.49. The van der Waals surface area contributed by atoms with E-state index in [-0.39, 0.29) is 46.2 Å². The Morgan fingerprint density at radius 1 is 1.14 bits per heavy atom. The average Bonchev–Trinajstić information content (AvgIpc) is 3.85. The second-order valence-corrected chi connectivity index (χ2v) is 13.5. The average molecular weight is 740 g/mol. The Hall–Kier alpha value is -5.74. The molecule has 0 saturated carbocycles. The Labute approximate surface area is 291 Å². The molecule has 0 unspecified atom stereocenters. The predicted octanol–water partition coefficient (Wildman–Crippen LogP) is 0.990. The first kappa shape index (κ1) is 32.8. The van der Waals surface area contributed by atoms with Crippen LogP contribution in [0.5, 0.6) is 11.5 Å². The second kappa shape index (κ2) is 12.9. The summed E-state index contributed by atoms with van der Waals surface area (Å²) in [7, 11) is 0. The molecular formula is C28H21N9O10S3. The summed E-state index contributed by atoms with van der Waals surface area (Å²) in [5.41, 5.74) is 6.08. The summed E-state index contributed by atoms with van der Waals surface area (Å²) in [5, 5.41) is 30.9. The minimum atomic E-state index is -1.34. The highest BCUT2D eigenvalue weighted by Crippen LogP contribution is 2.42. The zero-order chi connectivity index (χ0) is 35.3. The van der Waals surface area contributed by atoms with Gasteiger partial charge in [0, 0.05) is 22.6 Å². The molecule has 0 aliphatic carbocycles. The van der Waals surface area contributed by atoms with Crippen molar-refractivity contribution in [1.82, 2.24) is 34.8 Å². The molecule has 0 bridgehead atoms. The molecule has 7 rings (SSSR count). The highest BCUT2D eigenvalue weighted by molar-refractivity contribution is 8.01. The molecule has 6 heterocycles. The van der Waals surface area contributed by atoms with Crippen LogP contribution in [-0.2, 0) is 19.2 Å². The largest absolute Gasteiger partial charge is 0.477 e. The number of oxime groups is 1. The van der Waals surface area contributed by atoms with E-state index < -0.39 is 52.7 Å². The molecule has 256 valence electrons. The van der Waals surface area contributed by atoms with Gasteiger partial charge in [-0.2, -0.15) is 9.50 Å². The molecule has 2 atom stereocenters. The van der Waals surface area contributed by atoms with Gasteiger partial charge in [0.1, 0.15) is 27.8 Å². The summed E-state index contributed by atoms with van der Waals surface area (Å²) in [6.07, 6.45) is 0. The fourth-order valence-electron chi connectivity index (χ4n) is 5.08. The van der Waals surface area contributed by atoms with Crippen LogP contribution in [0.4, 0.5) is 5.13 Å². The maximum absolute atomic E-state index is 13.5. The highest BCUT2D eigenvalue weighted by Gasteiger charge is 2.54. The van der Waals surface area contributed by atoms with E-state index in [1.807, 2.05) is 0 Å². The number of thiazole rings is 1. The number of carboxylic acid groups (broad SMARTS) is 2. The van der Waals surface area contributed by atoms with E-state index in [4.69, 9.17) is 20.0 Å². The Balaban J connectivity index is 1.08. The summed E-state index contributed by atoms with van der Waals surface area (Å²) in [6.45, 7) is 1.69. The molecule has 3 aliphatic rings. The normalized spacial score (nSPS) is 18.1. The van der Waals surface area contributed by atoms with Crippen molar-refractivity contribution in [3.63, 3.8) is 0 Å². The maximum Gasteiger partial charge on any atom is 0.375 e. The summed E-state index contributed by atoms with van der Waals surface area (Å²) in [6, 6.07) is 4.85. The van der Waals surface area contributed by atoms with Crippen LogP contribution in [0.3, 0.4) is 0 Å². The molecule has 22 heteroatoms. The number of β-lactam (4-membered cyclic amide) rings is 1. The third-order valence-electron chi connectivity index (χ3n) is 7.34. The first-order chi connectivity index (χ1) is 24.0. The van der Waals surface area contributed by atoms with Crippen LogP contribution >= 0.6 is 34.9 Å². The van der Waals surface area contributed by atoms with Gasteiger partial charge in [-0.25, -0.2) is 24.4 Å². The van der Waals surface area contributed by atoms with E-state index in [0.29, 0.717) is 27.8 Å². The summed E-state index contributed by atoms with van der Waals surface area (Å²) in [5.74, 6) is -4.49. The maximum atomic E-state index is 13.5. The van der Waals surface area contributed by atoms with Crippen LogP contribution < -0.4 is 20.5 Å². The number of hydrogen-bond acceptors (Lipinski definition) is 17. The van der Waals surface area contributed by atoms with Gasteiger partial charge < -0.3 is 35.6 Å². The van der Waals surface area contributed by atoms with Gasteiger partial charge in [-0.15, -0.1) is 40.0 Å². The van der Waals surface area contributed by atoms with Crippen molar-refractivity contribution in [3.8, 4) is 11.5 Å². The number of carboxylic acids is 2. The number of fused-ring (bicyclic) bond motifs is 3. The van der Waals surface area contributed by atoms with Crippen LogP contribution in [0.2, 0.25) is 0 Å². The van der Waals surface area contributed by atoms with Crippen LogP contribution in [0.15, 0.2) is 51.1 Å². The number of benzene rings is 1. The summed E-state index contributed by atoms with van der Waals surface area (Å²) in [4.78, 5) is 81.8. The van der Waals surface area contributed by atoms with Crippen LogP contribution in [0, 0.1) is 6.92 Å². The zero-order valence-electron chi connectivity index (χ0n) is 25.3. The van der Waals surface area contributed by atoms with Gasteiger partial charge in [-0.05, 0) is 36.8 Å². The number of nitrogen functional groups attached to an aromatic ring is 1. The quantitative estimate of drug-likeness (QED) is 0.0441. The topological polar surface area (TPSA) is 263 Å². The molecule has 19 nitrogen and oxygen atoms in total. The third-order valence-corrected chi connectivity index (χ3v) is 10.4. The number of aliphatic carboxylic acids is 1. The Morgan fingerprint density at radius 3 is 2.68 bits per heavy atom. The number of aryl methyl sites for hydroxylation is 1. The van der Waals surface area contributed by atoms with Gasteiger partial charge in [-0.3, -0.25) is 14.5 Å². The fraction of sp³-hybridized carbons (Fsp3) is 0.214. The van der Waals surface area contributed by atoms with Crippen molar-refractivity contribution < 1.29 is 48.5 Å². The zero-order valence-corrected chi connectivity index (χ0v) is 27.7. The van der Waals surface area contributed by atoms with E-state index in [0.717, 1.165) is 16.2 Å². The number of hydrogen-bond donors (Lipinski definition) is 4. The molecule has 0 spiro atoms. The number of nitrogens with zero attached hydrogens (tertiary/aromatic N) is 7. The second-order valence-electron chi connectivity index (χ2n) is 10.6. The van der Waals surface area contributed by atoms with Crippen molar-refractivity contribution in [2.24, 2.45) is 5.16 Å². The minimum Gasteiger partial charge on any atom is -0.477 e. The number of rotatable bonds is 10. The molecule has 1 saturated heterocycles. The van der Waals surface area contributed by atoms with Crippen LogP contribution in [0.1, 0.15) is 32.4 Å². The molecule has 50 heavy (non-hydrogen) atoms. The van der Waals surface area contributed by atoms with Crippen molar-refractivity contribution in [2.45, 2.75) is 23.4 Å². The smallest absolute Gasteiger partial charge is 0.375 e. The van der Waals surface area contributed by atoms with Crippen molar-refractivity contribution in [2.75, 3.05) is 24.0 Å². The highest BCUT2D eigenvalue weighted by atomic mass is 32.2. The van der Waals surface area contributed by atoms with Gasteiger partial charge in [0.15, 0.2) is 22.3 Å². The SMILES string of the molecule is Cc1cc(SCC2=C(C(=O)O)N3C(=O)[C@@H](NC(=O)/C(=N\OC(=O)c4ccc5c(c4)OCO5)c4csc(N)n4)[C@H]3SC2)n2nc(C(=O)O)nc2n1. The van der Waals surface area contributed by atoms with Gasteiger partial charge in [0.2, 0.25) is 6.79 Å². The standard InChI is InChI=1S/C28H21N9O10S3/c1-10-4-16(37-28(30-10)33-20(34-37)25(42)43)48-6-12-7-49-23-18(22(39)36(23)19(12)24(40)41)32-21(38)17(13-8-50-27(29)31-13)35-47-26(44)11-2-3-14-15(5-11)46-9-45-14/h2-5,8,18,23H,6-7,9H2,1H3,(H2,29,31)(H,32,38)(H,40,41)(H,42,43)/b35-17-/t18-,23-/m1/s1. The summed E-state index contributed by atoms with van der Waals surface area (Å²) >= 11 is 3.41. The molecule has 1 aromatic carbocycles. The third kappa shape index (κ3) is 6.03. The van der Waals surface area contributed by atoms with E-state index in [9.17, 15) is 34.2 Å². The van der Waals surface area contributed by atoms with E-state index in [1.165, 1.54) is 51.6 Å². The number of anilines is 1. The van der Waals surface area contributed by atoms with Crippen molar-refractivity contribution >= 4 is 81.2 Å². The predicted molar refractivity (Wildman–Crippen MR) is 174 cm³/mol. The first-order valence-corrected chi connectivity index (χ1v) is 17.1. The molecular weight excluding hydrogens is 719 g/mol. The van der Waals surface area contributed by atoms with Gasteiger partial charge in [0.25, 0.3) is 23.4 Å². The van der Waals surface area contributed by atoms with E-state index in [1.54, 1.807) is 13.0 Å². The summed E-state index contributed by atoms with van der Waals surface area (Å²) < 4.78 is 11.8. The first-order valence-electron chi connectivity index (χ1n) is 14.2. The Bertz CT molecular complexity index is 2200. The van der Waals surface area contributed by atoms with Crippen LogP contribution in [-0.4, -0.2) is 105 Å². The molecule has 2 amide bonds. The number of aromatic carboxylic acids is 1. The lowest BCUT2D eigenvalue weighted by molar-refractivity contribution is -0.150. The van der Waals surface area contributed by atoms with Gasteiger partial charge in [-0.1, -0.05) is 5.16 Å². The molecule has 0 radical (unpaired) electrons. The molecule has 5 N–H and O–H groups in total. The van der Waals surface area contributed by atoms with Gasteiger partial charge >= 0.3 is 17.9 Å². The molecule has 3 aromatic heterocycles. The lowest BCUT2D eigenvalue weighted by atomic mass is 10.0. The number of amides is 2. The molecule has 3 aliphatic heterocycles. The van der Waals surface area contributed by atoms with E-state index in [2.05, 4.69) is 30.5 Å². The lowest BCUT2D eigenvalue weighted by Crippen LogP contribution is -2.71. The fourth-order valence-corrected chi connectivity index (χ4v) is 8.16. The number of carbonyl (C=O) groups excluding carboxylic acids is 3. The Morgan fingerprint density at radius 2 is 1.94 bits per heavy atom. The molecule has 4 aromatic rings. The number of nitrogens with two attached hydrogens (primary N) is 1. The number of ether oxygens (including phenoxy) is 2. The van der Waals surface area contributed by atoms with Crippen molar-refractivity contribution in [3.05, 3.63) is 63.7 Å². The van der Waals surface area contributed by atoms with Gasteiger partial charge in [0.05, 0.1) is 5.56 Å². The minimum absolute atomic E-state index is 0.00244. The number of nitrogens with one attached hydrogen (secondary N) is 1. The van der Waals surface area contributed by atoms with Crippen LogP contribution in [0.25, 0.3) is 5.78 Å². The number of carbonyl (C=O) groups is 5. The monoisotopic (exact) mass is 739 g/mol. The number of aromatic nitrogens is 5. The lowest BCUT2D eigenvalue weighted by Gasteiger charge is -2.49. The van der Waals surface area contributed by atoms with Crippen molar-refractivity contribution in [1.29, 1.82) is 0 Å². The van der Waals surface area contributed by atoms with E-state index >= 15 is 0 Å². The molecule has 1 fully saturated rings.